The molecule has 0 saturated heterocycles. The van der Waals surface area contributed by atoms with E-state index >= 15 is 0 Å². The number of hydrogen-bond acceptors (Lipinski definition) is 4. The molecule has 3 aromatic carbocycles. The van der Waals surface area contributed by atoms with Gasteiger partial charge < -0.3 is 10.2 Å². The summed E-state index contributed by atoms with van der Waals surface area (Å²) in [6.07, 6.45) is 0.904. The lowest BCUT2D eigenvalue weighted by Gasteiger charge is -2.33. The molecule has 0 aliphatic rings. The Hall–Kier alpha value is -3.36. The average molecular weight is 556 g/mol. The summed E-state index contributed by atoms with van der Waals surface area (Å²) in [6.45, 7) is 5.45. The zero-order valence-electron chi connectivity index (χ0n) is 22.1. The number of anilines is 1. The third-order valence-corrected chi connectivity index (χ3v) is 8.62. The molecule has 9 heteroatoms. The maximum absolute atomic E-state index is 13.9. The van der Waals surface area contributed by atoms with E-state index in [0.29, 0.717) is 23.6 Å². The van der Waals surface area contributed by atoms with Crippen molar-refractivity contribution >= 4 is 39.1 Å². The van der Waals surface area contributed by atoms with Gasteiger partial charge in [-0.3, -0.25) is 13.9 Å². The van der Waals surface area contributed by atoms with E-state index < -0.39 is 28.5 Å². The summed E-state index contributed by atoms with van der Waals surface area (Å²) in [6, 6.07) is 20.0. The van der Waals surface area contributed by atoms with Crippen molar-refractivity contribution in [3.05, 3.63) is 94.5 Å². The number of halogens is 1. The van der Waals surface area contributed by atoms with Crippen LogP contribution in [0.15, 0.2) is 77.7 Å². The molecular weight excluding hydrogens is 522 g/mol. The molecule has 0 fully saturated rings. The lowest BCUT2D eigenvalue weighted by molar-refractivity contribution is -0.139. The number of nitrogens with one attached hydrogen (secondary N) is 1. The van der Waals surface area contributed by atoms with Crippen LogP contribution in [0.5, 0.6) is 0 Å². The molecule has 1 unspecified atom stereocenters. The number of sulfonamides is 1. The molecule has 2 amide bonds. The molecule has 0 bridgehead atoms. The summed E-state index contributed by atoms with van der Waals surface area (Å²) >= 11 is 5.99. The van der Waals surface area contributed by atoms with Crippen LogP contribution in [-0.2, 0) is 26.0 Å². The highest BCUT2D eigenvalue weighted by Crippen LogP contribution is 2.27. The molecule has 1 N–H and O–H groups in total. The fraction of sp³-hybridized carbons (Fsp3) is 0.310. The van der Waals surface area contributed by atoms with Crippen LogP contribution in [0.4, 0.5) is 5.69 Å². The summed E-state index contributed by atoms with van der Waals surface area (Å²) in [5.74, 6) is -0.764. The van der Waals surface area contributed by atoms with E-state index in [0.717, 1.165) is 21.0 Å². The molecule has 202 valence electrons. The quantitative estimate of drug-likeness (QED) is 0.370. The second-order valence-electron chi connectivity index (χ2n) is 9.10. The normalized spacial score (nSPS) is 12.0. The molecule has 0 aromatic heterocycles. The van der Waals surface area contributed by atoms with Crippen LogP contribution in [0.1, 0.15) is 30.0 Å². The fourth-order valence-corrected chi connectivity index (χ4v) is 5.74. The molecule has 38 heavy (non-hydrogen) atoms. The number of carbonyl (C=O) groups excluding carboxylic acids is 2. The van der Waals surface area contributed by atoms with Crippen LogP contribution in [0.2, 0.25) is 5.02 Å². The zero-order chi connectivity index (χ0) is 27.9. The molecule has 3 aromatic rings. The largest absolute Gasteiger partial charge is 0.357 e. The van der Waals surface area contributed by atoms with Crippen molar-refractivity contribution in [1.29, 1.82) is 0 Å². The van der Waals surface area contributed by atoms with Crippen LogP contribution < -0.4 is 9.62 Å². The standard InChI is InChI=1S/C29H34ClN3O4S/c1-5-27(29(35)31-4)32(18-17-23-9-7-6-8-10-23)28(34)20-33(25-14-11-21(2)22(3)19-25)38(36,37)26-15-12-24(30)13-16-26/h6-16,19,27H,5,17-18,20H2,1-4H3,(H,31,35). The van der Waals surface area contributed by atoms with Crippen LogP contribution in [0.3, 0.4) is 0 Å². The Labute approximate surface area is 230 Å². The lowest BCUT2D eigenvalue weighted by atomic mass is 10.1. The lowest BCUT2D eigenvalue weighted by Crippen LogP contribution is -2.52. The molecule has 1 atom stereocenters. The monoisotopic (exact) mass is 555 g/mol. The van der Waals surface area contributed by atoms with Gasteiger partial charge in [-0.15, -0.1) is 0 Å². The highest BCUT2D eigenvalue weighted by atomic mass is 35.5. The van der Waals surface area contributed by atoms with Crippen molar-refractivity contribution in [1.82, 2.24) is 10.2 Å². The van der Waals surface area contributed by atoms with Gasteiger partial charge in [0.25, 0.3) is 10.0 Å². The zero-order valence-corrected chi connectivity index (χ0v) is 23.7. The second-order valence-corrected chi connectivity index (χ2v) is 11.4. The van der Waals surface area contributed by atoms with E-state index in [-0.39, 0.29) is 17.3 Å². The number of benzene rings is 3. The Balaban J connectivity index is 2.03. The smallest absolute Gasteiger partial charge is 0.264 e. The van der Waals surface area contributed by atoms with E-state index in [4.69, 9.17) is 11.6 Å². The summed E-state index contributed by atoms with van der Waals surface area (Å²) in [5, 5.41) is 3.04. The number of rotatable bonds is 11. The summed E-state index contributed by atoms with van der Waals surface area (Å²) in [5.41, 5.74) is 3.27. The van der Waals surface area contributed by atoms with Crippen molar-refractivity contribution in [3.63, 3.8) is 0 Å². The third-order valence-electron chi connectivity index (χ3n) is 6.58. The predicted molar refractivity (Wildman–Crippen MR) is 152 cm³/mol. The van der Waals surface area contributed by atoms with Gasteiger partial charge in [-0.25, -0.2) is 8.42 Å². The Kier molecular flexibility index (Phi) is 9.94. The van der Waals surface area contributed by atoms with Gasteiger partial charge in [-0.05, 0) is 79.8 Å². The molecular formula is C29H34ClN3O4S. The highest BCUT2D eigenvalue weighted by molar-refractivity contribution is 7.92. The van der Waals surface area contributed by atoms with E-state index in [1.807, 2.05) is 57.2 Å². The van der Waals surface area contributed by atoms with Crippen molar-refractivity contribution in [2.45, 2.75) is 44.6 Å². The van der Waals surface area contributed by atoms with Crippen LogP contribution in [0.25, 0.3) is 0 Å². The molecule has 0 heterocycles. The molecule has 0 saturated carbocycles. The predicted octanol–water partition coefficient (Wildman–Crippen LogP) is 4.75. The van der Waals surface area contributed by atoms with E-state index in [2.05, 4.69) is 5.32 Å². The SMILES string of the molecule is CCC(C(=O)NC)N(CCc1ccccc1)C(=O)CN(c1ccc(C)c(C)c1)S(=O)(=O)c1ccc(Cl)cc1. The van der Waals surface area contributed by atoms with Crippen LogP contribution in [0, 0.1) is 13.8 Å². The van der Waals surface area contributed by atoms with E-state index in [1.165, 1.54) is 36.2 Å². The Morgan fingerprint density at radius 1 is 0.947 bits per heavy atom. The number of likely N-dealkylation sites (N-methyl/N-ethyl adjacent to an activating group) is 1. The number of amides is 2. The molecule has 7 nitrogen and oxygen atoms in total. The first-order valence-electron chi connectivity index (χ1n) is 12.5. The van der Waals surface area contributed by atoms with E-state index in [1.54, 1.807) is 12.1 Å². The van der Waals surface area contributed by atoms with Crippen molar-refractivity contribution in [2.75, 3.05) is 24.4 Å². The third kappa shape index (κ3) is 6.94. The molecule has 3 rings (SSSR count). The van der Waals surface area contributed by atoms with Crippen molar-refractivity contribution < 1.29 is 18.0 Å². The maximum Gasteiger partial charge on any atom is 0.264 e. The Morgan fingerprint density at radius 2 is 1.61 bits per heavy atom. The van der Waals surface area contributed by atoms with Gasteiger partial charge >= 0.3 is 0 Å². The van der Waals surface area contributed by atoms with Crippen molar-refractivity contribution in [2.24, 2.45) is 0 Å². The first-order chi connectivity index (χ1) is 18.1. The van der Waals surface area contributed by atoms with Gasteiger partial charge in [0.1, 0.15) is 12.6 Å². The average Bonchev–Trinajstić information content (AvgIpc) is 2.91. The van der Waals surface area contributed by atoms with Gasteiger partial charge in [-0.1, -0.05) is 54.9 Å². The first kappa shape index (κ1) is 29.2. The van der Waals surface area contributed by atoms with Gasteiger partial charge in [-0.2, -0.15) is 0 Å². The number of hydrogen-bond donors (Lipinski definition) is 1. The molecule has 0 aliphatic carbocycles. The molecule has 0 radical (unpaired) electrons. The highest BCUT2D eigenvalue weighted by Gasteiger charge is 2.33. The first-order valence-corrected chi connectivity index (χ1v) is 14.3. The summed E-state index contributed by atoms with van der Waals surface area (Å²) in [4.78, 5) is 28.1. The number of carbonyl (C=O) groups is 2. The maximum atomic E-state index is 13.9. The molecule has 0 aliphatic heterocycles. The summed E-state index contributed by atoms with van der Waals surface area (Å²) in [7, 11) is -2.60. The minimum atomic E-state index is -4.13. The van der Waals surface area contributed by atoms with E-state index in [9.17, 15) is 18.0 Å². The summed E-state index contributed by atoms with van der Waals surface area (Å²) < 4.78 is 28.8. The minimum Gasteiger partial charge on any atom is -0.357 e. The van der Waals surface area contributed by atoms with Crippen LogP contribution in [-0.4, -0.2) is 51.3 Å². The van der Waals surface area contributed by atoms with Crippen LogP contribution >= 0.6 is 11.6 Å². The molecule has 0 spiro atoms. The Bertz CT molecular complexity index is 1360. The number of nitrogens with zero attached hydrogens (tertiary/aromatic N) is 2. The van der Waals surface area contributed by atoms with Crippen molar-refractivity contribution in [3.8, 4) is 0 Å². The topological polar surface area (TPSA) is 86.8 Å². The number of aryl methyl sites for hydroxylation is 2. The second kappa shape index (κ2) is 12.9. The van der Waals surface area contributed by atoms with Gasteiger partial charge in [0, 0.05) is 18.6 Å². The van der Waals surface area contributed by atoms with Gasteiger partial charge in [0.05, 0.1) is 10.6 Å². The van der Waals surface area contributed by atoms with Gasteiger partial charge in [0.2, 0.25) is 11.8 Å². The van der Waals surface area contributed by atoms with Gasteiger partial charge in [0.15, 0.2) is 0 Å². The Morgan fingerprint density at radius 3 is 2.18 bits per heavy atom. The minimum absolute atomic E-state index is 0.0158. The fourth-order valence-electron chi connectivity index (χ4n) is 4.21.